The Kier molecular flexibility index (Phi) is 6.65. The molecule has 1 heterocycles. The van der Waals surface area contributed by atoms with Gasteiger partial charge in [0.1, 0.15) is 0 Å². The second-order valence-corrected chi connectivity index (χ2v) is 5.71. The molecule has 1 amide bonds. The van der Waals surface area contributed by atoms with Crippen molar-refractivity contribution < 1.29 is 4.79 Å². The number of nitrogens with one attached hydrogen (secondary N) is 2. The minimum atomic E-state index is 0.170. The summed E-state index contributed by atoms with van der Waals surface area (Å²) in [5, 5.41) is 6.37. The fraction of sp³-hybridized carbons (Fsp3) is 0.929. The SMILES string of the molecule is CC1NCCC1C(=O)NCCCCN(C)C(C)C. The highest BCUT2D eigenvalue weighted by molar-refractivity contribution is 5.79. The summed E-state index contributed by atoms with van der Waals surface area (Å²) in [5.41, 5.74) is 0. The number of rotatable bonds is 7. The predicted octanol–water partition coefficient (Wildman–Crippen LogP) is 1.22. The third-order valence-corrected chi connectivity index (χ3v) is 3.98. The first-order valence-corrected chi connectivity index (χ1v) is 7.23. The molecule has 2 unspecified atom stereocenters. The van der Waals surface area contributed by atoms with Gasteiger partial charge in [-0.25, -0.2) is 0 Å². The predicted molar refractivity (Wildman–Crippen MR) is 75.6 cm³/mol. The minimum absolute atomic E-state index is 0.170. The topological polar surface area (TPSA) is 44.4 Å². The van der Waals surface area contributed by atoms with Crippen LogP contribution in [0.4, 0.5) is 0 Å². The van der Waals surface area contributed by atoms with Crippen molar-refractivity contribution in [1.29, 1.82) is 0 Å². The van der Waals surface area contributed by atoms with Gasteiger partial charge < -0.3 is 15.5 Å². The molecular formula is C14H29N3O. The van der Waals surface area contributed by atoms with Gasteiger partial charge in [-0.2, -0.15) is 0 Å². The molecule has 0 radical (unpaired) electrons. The van der Waals surface area contributed by atoms with Gasteiger partial charge in [0.15, 0.2) is 0 Å². The first-order valence-electron chi connectivity index (χ1n) is 7.23. The van der Waals surface area contributed by atoms with Crippen molar-refractivity contribution in [3.05, 3.63) is 0 Å². The number of unbranched alkanes of at least 4 members (excludes halogenated alkanes) is 1. The van der Waals surface area contributed by atoms with E-state index in [-0.39, 0.29) is 11.8 Å². The van der Waals surface area contributed by atoms with Gasteiger partial charge in [0, 0.05) is 18.6 Å². The number of nitrogens with zero attached hydrogens (tertiary/aromatic N) is 1. The lowest BCUT2D eigenvalue weighted by molar-refractivity contribution is -0.125. The zero-order valence-corrected chi connectivity index (χ0v) is 12.3. The van der Waals surface area contributed by atoms with Gasteiger partial charge in [0.25, 0.3) is 0 Å². The first-order chi connectivity index (χ1) is 8.52. The summed E-state index contributed by atoms with van der Waals surface area (Å²) in [5.74, 6) is 0.396. The van der Waals surface area contributed by atoms with E-state index in [1.165, 1.54) is 0 Å². The van der Waals surface area contributed by atoms with E-state index in [1.807, 2.05) is 0 Å². The molecule has 0 spiro atoms. The highest BCUT2D eigenvalue weighted by atomic mass is 16.1. The van der Waals surface area contributed by atoms with Gasteiger partial charge in [0.2, 0.25) is 5.91 Å². The molecule has 4 heteroatoms. The lowest BCUT2D eigenvalue weighted by Crippen LogP contribution is -2.37. The van der Waals surface area contributed by atoms with Gasteiger partial charge in [-0.15, -0.1) is 0 Å². The van der Waals surface area contributed by atoms with Crippen LogP contribution in [-0.4, -0.2) is 49.6 Å². The Hall–Kier alpha value is -0.610. The summed E-state index contributed by atoms with van der Waals surface area (Å²) < 4.78 is 0. The van der Waals surface area contributed by atoms with Crippen molar-refractivity contribution in [2.24, 2.45) is 5.92 Å². The highest BCUT2D eigenvalue weighted by Crippen LogP contribution is 2.14. The Balaban J connectivity index is 2.05. The van der Waals surface area contributed by atoms with Crippen LogP contribution in [-0.2, 0) is 4.79 Å². The molecule has 1 aliphatic rings. The fourth-order valence-electron chi connectivity index (χ4n) is 2.30. The molecule has 0 bridgehead atoms. The van der Waals surface area contributed by atoms with Crippen LogP contribution >= 0.6 is 0 Å². The standard InChI is InChI=1S/C14H29N3O/c1-11(2)17(4)10-6-5-8-16-14(18)13-7-9-15-12(13)3/h11-13,15H,5-10H2,1-4H3,(H,16,18). The molecule has 0 saturated carbocycles. The van der Waals surface area contributed by atoms with Crippen LogP contribution < -0.4 is 10.6 Å². The number of hydrogen-bond acceptors (Lipinski definition) is 3. The fourth-order valence-corrected chi connectivity index (χ4v) is 2.30. The number of carbonyl (C=O) groups is 1. The van der Waals surface area contributed by atoms with Gasteiger partial charge in [-0.3, -0.25) is 4.79 Å². The lowest BCUT2D eigenvalue weighted by Gasteiger charge is -2.20. The zero-order valence-electron chi connectivity index (χ0n) is 12.3. The van der Waals surface area contributed by atoms with E-state index in [0.29, 0.717) is 12.1 Å². The van der Waals surface area contributed by atoms with Crippen molar-refractivity contribution in [3.8, 4) is 0 Å². The monoisotopic (exact) mass is 255 g/mol. The van der Waals surface area contributed by atoms with Crippen molar-refractivity contribution in [2.75, 3.05) is 26.7 Å². The molecule has 18 heavy (non-hydrogen) atoms. The summed E-state index contributed by atoms with van der Waals surface area (Å²) >= 11 is 0. The molecule has 2 N–H and O–H groups in total. The van der Waals surface area contributed by atoms with E-state index < -0.39 is 0 Å². The molecule has 106 valence electrons. The largest absolute Gasteiger partial charge is 0.356 e. The summed E-state index contributed by atoms with van der Waals surface area (Å²) in [7, 11) is 2.15. The molecule has 1 aliphatic heterocycles. The normalized spacial score (nSPS) is 23.9. The Bertz CT molecular complexity index is 255. The maximum atomic E-state index is 11.9. The second-order valence-electron chi connectivity index (χ2n) is 5.71. The number of carbonyl (C=O) groups excluding carboxylic acids is 1. The maximum Gasteiger partial charge on any atom is 0.224 e. The van der Waals surface area contributed by atoms with Gasteiger partial charge in [-0.1, -0.05) is 0 Å². The van der Waals surface area contributed by atoms with Crippen molar-refractivity contribution in [3.63, 3.8) is 0 Å². The third kappa shape index (κ3) is 4.94. The smallest absolute Gasteiger partial charge is 0.224 e. The van der Waals surface area contributed by atoms with E-state index in [9.17, 15) is 4.79 Å². The Morgan fingerprint density at radius 3 is 2.72 bits per heavy atom. The van der Waals surface area contributed by atoms with Crippen molar-refractivity contribution >= 4 is 5.91 Å². The van der Waals surface area contributed by atoms with Gasteiger partial charge in [0.05, 0.1) is 5.92 Å². The van der Waals surface area contributed by atoms with Crippen molar-refractivity contribution in [1.82, 2.24) is 15.5 Å². The number of hydrogen-bond donors (Lipinski definition) is 2. The van der Waals surface area contributed by atoms with E-state index in [0.717, 1.165) is 38.9 Å². The molecule has 1 saturated heterocycles. The molecule has 0 aromatic carbocycles. The summed E-state index contributed by atoms with van der Waals surface area (Å²) in [6.07, 6.45) is 3.19. The van der Waals surface area contributed by atoms with Crippen LogP contribution in [0, 0.1) is 5.92 Å². The molecule has 4 nitrogen and oxygen atoms in total. The van der Waals surface area contributed by atoms with E-state index >= 15 is 0 Å². The Morgan fingerprint density at radius 1 is 1.44 bits per heavy atom. The second kappa shape index (κ2) is 7.74. The average molecular weight is 255 g/mol. The minimum Gasteiger partial charge on any atom is -0.356 e. The van der Waals surface area contributed by atoms with Gasteiger partial charge in [-0.05, 0) is 60.2 Å². The number of amides is 1. The summed E-state index contributed by atoms with van der Waals surface area (Å²) in [4.78, 5) is 14.2. The summed E-state index contributed by atoms with van der Waals surface area (Å²) in [6.45, 7) is 9.39. The quantitative estimate of drug-likeness (QED) is 0.672. The molecule has 2 atom stereocenters. The Labute approximate surface area is 111 Å². The Morgan fingerprint density at radius 2 is 2.17 bits per heavy atom. The maximum absolute atomic E-state index is 11.9. The first kappa shape index (κ1) is 15.4. The van der Waals surface area contributed by atoms with E-state index in [1.54, 1.807) is 0 Å². The molecular weight excluding hydrogens is 226 g/mol. The van der Waals surface area contributed by atoms with Crippen LogP contribution in [0.15, 0.2) is 0 Å². The van der Waals surface area contributed by atoms with Crippen LogP contribution in [0.3, 0.4) is 0 Å². The third-order valence-electron chi connectivity index (χ3n) is 3.98. The van der Waals surface area contributed by atoms with Gasteiger partial charge >= 0.3 is 0 Å². The van der Waals surface area contributed by atoms with Crippen LogP contribution in [0.1, 0.15) is 40.0 Å². The highest BCUT2D eigenvalue weighted by Gasteiger charge is 2.28. The molecule has 0 aliphatic carbocycles. The lowest BCUT2D eigenvalue weighted by atomic mass is 10.0. The molecule has 1 rings (SSSR count). The summed E-state index contributed by atoms with van der Waals surface area (Å²) in [6, 6.07) is 0.932. The van der Waals surface area contributed by atoms with Crippen LogP contribution in [0.2, 0.25) is 0 Å². The van der Waals surface area contributed by atoms with E-state index in [4.69, 9.17) is 0 Å². The van der Waals surface area contributed by atoms with E-state index in [2.05, 4.69) is 43.4 Å². The molecule has 0 aromatic rings. The van der Waals surface area contributed by atoms with Crippen molar-refractivity contribution in [2.45, 2.75) is 52.1 Å². The molecule has 1 fully saturated rings. The average Bonchev–Trinajstić information content (AvgIpc) is 2.74. The zero-order chi connectivity index (χ0) is 13.5. The van der Waals surface area contributed by atoms with Crippen LogP contribution in [0.5, 0.6) is 0 Å². The molecule has 0 aromatic heterocycles. The van der Waals surface area contributed by atoms with Crippen LogP contribution in [0.25, 0.3) is 0 Å².